The Morgan fingerprint density at radius 3 is 1.95 bits per heavy atom. The first-order valence-electron chi connectivity index (χ1n) is 20.2. The smallest absolute Gasteiger partial charge is 0.178 e. The van der Waals surface area contributed by atoms with Crippen LogP contribution in [0.1, 0.15) is 54.5 Å². The standard InChI is InChI=1S/C50H49N3O3/c1-49(2)43-17-11-10-16-39(43)46-41-32-44(53-26-23-38(54)24-27-53)45(55-3)33-42(41)48-40(47(46)49)22-25-50(56-48,34-12-6-4-7-13-34)35-18-20-37(21-19-35)52-30-28-51(29-31-52)36-14-8-5-9-15-36/h4-22,25,32-33,38,54H,23-24,26-31H2,1-3H3. The summed E-state index contributed by atoms with van der Waals surface area (Å²) in [5.41, 5.74) is 11.0. The highest BCUT2D eigenvalue weighted by Gasteiger charge is 2.44. The Balaban J connectivity index is 1.11. The van der Waals surface area contributed by atoms with Gasteiger partial charge in [0, 0.05) is 78.1 Å². The minimum atomic E-state index is -0.857. The van der Waals surface area contributed by atoms with Gasteiger partial charge in [0.1, 0.15) is 11.5 Å². The Labute approximate surface area is 330 Å². The molecule has 10 rings (SSSR count). The minimum Gasteiger partial charge on any atom is -0.495 e. The molecule has 282 valence electrons. The summed E-state index contributed by atoms with van der Waals surface area (Å²) in [5, 5.41) is 12.6. The van der Waals surface area contributed by atoms with E-state index in [0.717, 1.165) is 91.4 Å². The maximum Gasteiger partial charge on any atom is 0.178 e. The Hall–Kier alpha value is -5.72. The van der Waals surface area contributed by atoms with E-state index in [-0.39, 0.29) is 11.5 Å². The lowest BCUT2D eigenvalue weighted by Gasteiger charge is -2.39. The monoisotopic (exact) mass is 739 g/mol. The van der Waals surface area contributed by atoms with Gasteiger partial charge in [-0.25, -0.2) is 0 Å². The molecular weight excluding hydrogens is 691 g/mol. The minimum absolute atomic E-state index is 0.244. The van der Waals surface area contributed by atoms with E-state index in [1.165, 1.54) is 39.0 Å². The van der Waals surface area contributed by atoms with Crippen LogP contribution in [-0.4, -0.2) is 57.6 Å². The number of aliphatic hydroxyl groups excluding tert-OH is 1. The molecule has 0 bridgehead atoms. The maximum atomic E-state index is 10.4. The van der Waals surface area contributed by atoms with Crippen molar-refractivity contribution in [2.75, 3.05) is 61.1 Å². The third-order valence-corrected chi connectivity index (χ3v) is 12.9. The number of benzene rings is 6. The van der Waals surface area contributed by atoms with E-state index in [2.05, 4.69) is 162 Å². The third-order valence-electron chi connectivity index (χ3n) is 12.9. The van der Waals surface area contributed by atoms with E-state index in [4.69, 9.17) is 9.47 Å². The molecule has 0 spiro atoms. The highest BCUT2D eigenvalue weighted by Crippen LogP contribution is 2.59. The number of nitrogens with zero attached hydrogens (tertiary/aromatic N) is 3. The van der Waals surface area contributed by atoms with Crippen LogP contribution >= 0.6 is 0 Å². The molecule has 1 unspecified atom stereocenters. The fraction of sp³-hybridized carbons (Fsp3) is 0.280. The molecule has 2 fully saturated rings. The van der Waals surface area contributed by atoms with Gasteiger partial charge in [0.25, 0.3) is 0 Å². The van der Waals surface area contributed by atoms with Gasteiger partial charge in [-0.05, 0) is 83.0 Å². The van der Waals surface area contributed by atoms with Crippen molar-refractivity contribution in [3.63, 3.8) is 0 Å². The van der Waals surface area contributed by atoms with Gasteiger partial charge >= 0.3 is 0 Å². The lowest BCUT2D eigenvalue weighted by molar-refractivity contribution is 0.145. The summed E-state index contributed by atoms with van der Waals surface area (Å²) >= 11 is 0. The van der Waals surface area contributed by atoms with Crippen molar-refractivity contribution in [1.82, 2.24) is 0 Å². The summed E-state index contributed by atoms with van der Waals surface area (Å²) in [6, 6.07) is 43.9. The Morgan fingerprint density at radius 1 is 0.661 bits per heavy atom. The van der Waals surface area contributed by atoms with Crippen molar-refractivity contribution in [2.24, 2.45) is 0 Å². The maximum absolute atomic E-state index is 10.4. The number of piperidine rings is 1. The molecule has 1 aliphatic carbocycles. The molecule has 1 atom stereocenters. The zero-order valence-electron chi connectivity index (χ0n) is 32.5. The molecule has 0 saturated carbocycles. The second-order valence-electron chi connectivity index (χ2n) is 16.3. The molecule has 0 amide bonds. The number of ether oxygens (including phenoxy) is 2. The molecule has 2 saturated heterocycles. The van der Waals surface area contributed by atoms with Gasteiger partial charge in [-0.1, -0.05) is 105 Å². The first kappa shape index (κ1) is 34.7. The number of hydrogen-bond donors (Lipinski definition) is 1. The van der Waals surface area contributed by atoms with Crippen LogP contribution in [0.3, 0.4) is 0 Å². The van der Waals surface area contributed by atoms with Gasteiger partial charge in [-0.2, -0.15) is 0 Å². The highest BCUT2D eigenvalue weighted by atomic mass is 16.5. The van der Waals surface area contributed by atoms with Gasteiger partial charge in [0.15, 0.2) is 5.60 Å². The number of fused-ring (bicyclic) bond motifs is 8. The van der Waals surface area contributed by atoms with Gasteiger partial charge in [-0.3, -0.25) is 0 Å². The van der Waals surface area contributed by atoms with Crippen LogP contribution in [0.4, 0.5) is 17.1 Å². The van der Waals surface area contributed by atoms with Crippen LogP contribution in [0.15, 0.2) is 127 Å². The van der Waals surface area contributed by atoms with Crippen LogP contribution in [0, 0.1) is 0 Å². The zero-order chi connectivity index (χ0) is 38.0. The number of rotatable bonds is 6. The van der Waals surface area contributed by atoms with Crippen LogP contribution in [0.25, 0.3) is 28.0 Å². The van der Waals surface area contributed by atoms with Crippen LogP contribution in [0.2, 0.25) is 0 Å². The van der Waals surface area contributed by atoms with Crippen LogP contribution in [-0.2, 0) is 11.0 Å². The zero-order valence-corrected chi connectivity index (χ0v) is 32.5. The molecule has 0 aromatic heterocycles. The van der Waals surface area contributed by atoms with E-state index in [9.17, 15) is 5.11 Å². The Bertz CT molecular complexity index is 2440. The van der Waals surface area contributed by atoms with E-state index in [1.807, 2.05) is 0 Å². The number of para-hydroxylation sites is 1. The van der Waals surface area contributed by atoms with Crippen LogP contribution in [0.5, 0.6) is 11.5 Å². The predicted molar refractivity (Wildman–Crippen MR) is 230 cm³/mol. The van der Waals surface area contributed by atoms with Gasteiger partial charge in [-0.15, -0.1) is 0 Å². The van der Waals surface area contributed by atoms with Crippen molar-refractivity contribution in [2.45, 2.75) is 43.8 Å². The number of hydrogen-bond acceptors (Lipinski definition) is 6. The van der Waals surface area contributed by atoms with E-state index < -0.39 is 5.60 Å². The Morgan fingerprint density at radius 2 is 1.27 bits per heavy atom. The predicted octanol–water partition coefficient (Wildman–Crippen LogP) is 9.79. The quantitative estimate of drug-likeness (QED) is 0.184. The second-order valence-corrected chi connectivity index (χ2v) is 16.3. The molecule has 3 heterocycles. The number of anilines is 3. The summed E-state index contributed by atoms with van der Waals surface area (Å²) < 4.78 is 13.9. The molecule has 56 heavy (non-hydrogen) atoms. The van der Waals surface area contributed by atoms with E-state index >= 15 is 0 Å². The van der Waals surface area contributed by atoms with E-state index in [1.54, 1.807) is 7.11 Å². The lowest BCUT2D eigenvalue weighted by atomic mass is 9.76. The summed E-state index contributed by atoms with van der Waals surface area (Å²) in [6.07, 6.45) is 5.85. The SMILES string of the molecule is COc1cc2c3c(c4c(c2cc1N1CCC(O)CC1)-c1ccccc1C4(C)C)C=CC(c1ccccc1)(c1ccc(N2CCN(c4ccccc4)CC2)cc1)O3. The highest BCUT2D eigenvalue weighted by molar-refractivity contribution is 6.10. The summed E-state index contributed by atoms with van der Waals surface area (Å²) in [4.78, 5) is 7.35. The first-order valence-corrected chi connectivity index (χ1v) is 20.2. The number of aliphatic hydroxyl groups is 1. The normalized spacial score (nSPS) is 20.0. The van der Waals surface area contributed by atoms with Crippen molar-refractivity contribution in [3.8, 4) is 22.6 Å². The average molecular weight is 740 g/mol. The summed E-state index contributed by atoms with van der Waals surface area (Å²) in [5.74, 6) is 1.70. The Kier molecular flexibility index (Phi) is 8.37. The van der Waals surface area contributed by atoms with Crippen molar-refractivity contribution >= 4 is 33.9 Å². The van der Waals surface area contributed by atoms with Crippen molar-refractivity contribution in [1.29, 1.82) is 0 Å². The second kappa shape index (κ2) is 13.5. The molecule has 6 nitrogen and oxygen atoms in total. The molecule has 6 aromatic carbocycles. The average Bonchev–Trinajstić information content (AvgIpc) is 3.50. The molecule has 6 aromatic rings. The fourth-order valence-corrected chi connectivity index (χ4v) is 9.93. The van der Waals surface area contributed by atoms with Crippen molar-refractivity contribution < 1.29 is 14.6 Å². The molecule has 6 heteroatoms. The fourth-order valence-electron chi connectivity index (χ4n) is 9.93. The first-order chi connectivity index (χ1) is 27.4. The summed E-state index contributed by atoms with van der Waals surface area (Å²) in [7, 11) is 1.76. The van der Waals surface area contributed by atoms with Gasteiger partial charge < -0.3 is 29.3 Å². The van der Waals surface area contributed by atoms with Crippen LogP contribution < -0.4 is 24.2 Å². The van der Waals surface area contributed by atoms with Gasteiger partial charge in [0.05, 0.1) is 18.9 Å². The number of piperazine rings is 1. The van der Waals surface area contributed by atoms with Gasteiger partial charge in [0.2, 0.25) is 0 Å². The molecular formula is C50H49N3O3. The lowest BCUT2D eigenvalue weighted by Crippen LogP contribution is -2.46. The largest absolute Gasteiger partial charge is 0.495 e. The third kappa shape index (κ3) is 5.48. The van der Waals surface area contributed by atoms with Crippen molar-refractivity contribution in [3.05, 3.63) is 155 Å². The number of methoxy groups -OCH3 is 1. The molecule has 1 N–H and O–H groups in total. The molecule has 4 aliphatic rings. The molecule has 3 aliphatic heterocycles. The topological polar surface area (TPSA) is 48.4 Å². The summed E-state index contributed by atoms with van der Waals surface area (Å²) in [6.45, 7) is 10.2. The van der Waals surface area contributed by atoms with E-state index in [0.29, 0.717) is 0 Å². The molecule has 0 radical (unpaired) electrons.